The molecule has 11 heavy (non-hydrogen) atoms. The molecular formula is C5H8Cl2O4. The highest BCUT2D eigenvalue weighted by Crippen LogP contribution is 1.83. The summed E-state index contributed by atoms with van der Waals surface area (Å²) < 4.78 is 0. The Hall–Kier alpha value is -0.610. The average Bonchev–Trinajstić information content (AvgIpc) is 1.63. The van der Waals surface area contributed by atoms with Crippen LogP contribution in [0.4, 0.5) is 0 Å². The maximum atomic E-state index is 10.1. The zero-order valence-electron chi connectivity index (χ0n) is 5.70. The van der Waals surface area contributed by atoms with Gasteiger partial charge in [0.1, 0.15) is 5.78 Å². The van der Waals surface area contributed by atoms with E-state index in [1.807, 2.05) is 0 Å². The number of hydrogen-bond acceptors (Lipinski definition) is 3. The van der Waals surface area contributed by atoms with Gasteiger partial charge in [-0.25, -0.2) is 4.79 Å². The van der Waals surface area contributed by atoms with Gasteiger partial charge >= 0.3 is 5.97 Å². The summed E-state index contributed by atoms with van der Waals surface area (Å²) in [6, 6.07) is 0. The quantitative estimate of drug-likeness (QED) is 0.534. The summed E-state index contributed by atoms with van der Waals surface area (Å²) in [5, 5.41) is 7.93. The largest absolute Gasteiger partial charge is 0.475 e. The molecule has 0 aromatic carbocycles. The number of aliphatic carboxylic acids is 1. The van der Waals surface area contributed by atoms with E-state index in [-0.39, 0.29) is 24.8 Å². The Kier molecular flexibility index (Phi) is 11.4. The van der Waals surface area contributed by atoms with E-state index in [1.54, 1.807) is 0 Å². The van der Waals surface area contributed by atoms with E-state index in [9.17, 15) is 14.4 Å². The normalized spacial score (nSPS) is 7.00. The third-order valence-electron chi connectivity index (χ3n) is 0.648. The fourth-order valence-corrected chi connectivity index (χ4v) is 0.302. The van der Waals surface area contributed by atoms with Crippen molar-refractivity contribution in [2.75, 3.05) is 0 Å². The van der Waals surface area contributed by atoms with Crippen LogP contribution in [0.3, 0.4) is 0 Å². The summed E-state index contributed by atoms with van der Waals surface area (Å²) in [5.41, 5.74) is 0. The topological polar surface area (TPSA) is 71.4 Å². The molecule has 0 aliphatic rings. The summed E-state index contributed by atoms with van der Waals surface area (Å²) in [6.07, 6.45) is -0.505. The van der Waals surface area contributed by atoms with Gasteiger partial charge in [0.15, 0.2) is 0 Å². The molecule has 0 heterocycles. The molecule has 0 atom stereocenters. The monoisotopic (exact) mass is 202 g/mol. The summed E-state index contributed by atoms with van der Waals surface area (Å²) in [6.45, 7) is 1.17. The van der Waals surface area contributed by atoms with E-state index in [1.165, 1.54) is 6.92 Å². The Morgan fingerprint density at radius 1 is 1.18 bits per heavy atom. The molecule has 0 aliphatic heterocycles. The summed E-state index contributed by atoms with van der Waals surface area (Å²) in [4.78, 5) is 29.9. The van der Waals surface area contributed by atoms with Crippen LogP contribution < -0.4 is 0 Å². The number of carboxylic acid groups (broad SMARTS) is 1. The van der Waals surface area contributed by atoms with Crippen LogP contribution in [0.1, 0.15) is 13.3 Å². The van der Waals surface area contributed by atoms with Crippen LogP contribution in [0.15, 0.2) is 0 Å². The Labute approximate surface area is 75.8 Å². The number of ketones is 2. The lowest BCUT2D eigenvalue weighted by molar-refractivity contribution is -0.150. The number of carbonyl (C=O) groups excluding carboxylic acids is 2. The molecule has 0 aromatic rings. The second-order valence-corrected chi connectivity index (χ2v) is 1.61. The van der Waals surface area contributed by atoms with Gasteiger partial charge in [0.2, 0.25) is 5.78 Å². The number of halogens is 2. The van der Waals surface area contributed by atoms with Crippen LogP contribution in [-0.2, 0) is 14.4 Å². The van der Waals surface area contributed by atoms with Crippen molar-refractivity contribution >= 4 is 42.3 Å². The predicted molar refractivity (Wildman–Crippen MR) is 42.4 cm³/mol. The lowest BCUT2D eigenvalue weighted by Crippen LogP contribution is -2.15. The number of carboxylic acids is 1. The number of carbonyl (C=O) groups is 3. The minimum absolute atomic E-state index is 0. The third kappa shape index (κ3) is 9.39. The zero-order valence-corrected chi connectivity index (χ0v) is 7.33. The van der Waals surface area contributed by atoms with Crippen LogP contribution in [0, 0.1) is 0 Å². The first-order valence-electron chi connectivity index (χ1n) is 2.29. The molecule has 0 unspecified atom stereocenters. The zero-order chi connectivity index (χ0) is 7.44. The van der Waals surface area contributed by atoms with Crippen molar-refractivity contribution in [3.63, 3.8) is 0 Å². The molecule has 0 fully saturated rings. The molecule has 0 rings (SSSR count). The van der Waals surface area contributed by atoms with Gasteiger partial charge in [-0.2, -0.15) is 0 Å². The summed E-state index contributed by atoms with van der Waals surface area (Å²) >= 11 is 0. The van der Waals surface area contributed by atoms with E-state index >= 15 is 0 Å². The Balaban J connectivity index is -0.000000320. The van der Waals surface area contributed by atoms with Gasteiger partial charge in [-0.3, -0.25) is 9.59 Å². The van der Waals surface area contributed by atoms with Crippen molar-refractivity contribution in [1.29, 1.82) is 0 Å². The van der Waals surface area contributed by atoms with Gasteiger partial charge in [0.25, 0.3) is 0 Å². The molecule has 6 heteroatoms. The van der Waals surface area contributed by atoms with Crippen molar-refractivity contribution in [3.05, 3.63) is 0 Å². The SMILES string of the molecule is CC(=O)CC(=O)C(=O)O.Cl.Cl. The fourth-order valence-electron chi connectivity index (χ4n) is 0.302. The Bertz CT molecular complexity index is 166. The van der Waals surface area contributed by atoms with E-state index in [2.05, 4.69) is 0 Å². The maximum absolute atomic E-state index is 10.1. The predicted octanol–water partition coefficient (Wildman–Crippen LogP) is 0.463. The van der Waals surface area contributed by atoms with Crippen LogP contribution in [0.5, 0.6) is 0 Å². The second kappa shape index (κ2) is 7.50. The maximum Gasteiger partial charge on any atom is 0.372 e. The fraction of sp³-hybridized carbons (Fsp3) is 0.400. The van der Waals surface area contributed by atoms with Gasteiger partial charge in [0, 0.05) is 0 Å². The minimum Gasteiger partial charge on any atom is -0.475 e. The standard InChI is InChI=1S/C5H6O4.2ClH/c1-3(6)2-4(7)5(8)9;;/h2H2,1H3,(H,8,9);2*1H. The second-order valence-electron chi connectivity index (χ2n) is 1.61. The van der Waals surface area contributed by atoms with Crippen LogP contribution in [0.2, 0.25) is 0 Å². The van der Waals surface area contributed by atoms with E-state index in [0.717, 1.165) is 0 Å². The first-order valence-corrected chi connectivity index (χ1v) is 2.29. The molecule has 4 nitrogen and oxygen atoms in total. The Morgan fingerprint density at radius 2 is 1.55 bits per heavy atom. The van der Waals surface area contributed by atoms with E-state index in [4.69, 9.17) is 5.11 Å². The van der Waals surface area contributed by atoms with Crippen LogP contribution in [0.25, 0.3) is 0 Å². The highest BCUT2D eigenvalue weighted by molar-refractivity contribution is 6.36. The minimum atomic E-state index is -1.55. The molecule has 0 spiro atoms. The molecule has 1 N–H and O–H groups in total. The number of rotatable bonds is 3. The molecule has 0 aromatic heterocycles. The molecule has 66 valence electrons. The summed E-state index contributed by atoms with van der Waals surface area (Å²) in [5.74, 6) is -3.03. The number of hydrogen-bond donors (Lipinski definition) is 1. The van der Waals surface area contributed by atoms with Crippen LogP contribution in [-0.4, -0.2) is 22.6 Å². The average molecular weight is 203 g/mol. The van der Waals surface area contributed by atoms with Crippen molar-refractivity contribution in [1.82, 2.24) is 0 Å². The molecule has 0 radical (unpaired) electrons. The van der Waals surface area contributed by atoms with E-state index < -0.39 is 24.0 Å². The first-order chi connectivity index (χ1) is 4.04. The van der Waals surface area contributed by atoms with Gasteiger partial charge in [-0.05, 0) is 6.92 Å². The smallest absolute Gasteiger partial charge is 0.372 e. The van der Waals surface area contributed by atoms with Gasteiger partial charge < -0.3 is 5.11 Å². The summed E-state index contributed by atoms with van der Waals surface area (Å²) in [7, 11) is 0. The number of Topliss-reactive ketones (excluding diaryl/α,β-unsaturated/α-hetero) is 2. The molecule has 0 saturated heterocycles. The molecule has 0 saturated carbocycles. The lowest BCUT2D eigenvalue weighted by Gasteiger charge is -1.86. The van der Waals surface area contributed by atoms with Crippen molar-refractivity contribution < 1.29 is 19.5 Å². The first kappa shape index (κ1) is 16.8. The highest BCUT2D eigenvalue weighted by Gasteiger charge is 2.12. The van der Waals surface area contributed by atoms with E-state index in [0.29, 0.717) is 0 Å². The molecule has 0 amide bonds. The van der Waals surface area contributed by atoms with Crippen LogP contribution >= 0.6 is 24.8 Å². The van der Waals surface area contributed by atoms with Gasteiger partial charge in [-0.1, -0.05) is 0 Å². The lowest BCUT2D eigenvalue weighted by atomic mass is 10.2. The van der Waals surface area contributed by atoms with Crippen molar-refractivity contribution in [2.45, 2.75) is 13.3 Å². The molecule has 0 aliphatic carbocycles. The molecular weight excluding hydrogens is 195 g/mol. The Morgan fingerprint density at radius 3 is 1.64 bits per heavy atom. The van der Waals surface area contributed by atoms with Gasteiger partial charge in [0.05, 0.1) is 6.42 Å². The van der Waals surface area contributed by atoms with Gasteiger partial charge in [-0.15, -0.1) is 24.8 Å². The van der Waals surface area contributed by atoms with Crippen molar-refractivity contribution in [3.8, 4) is 0 Å². The highest BCUT2D eigenvalue weighted by atomic mass is 35.5. The van der Waals surface area contributed by atoms with Crippen molar-refractivity contribution in [2.24, 2.45) is 0 Å². The molecule has 0 bridgehead atoms. The third-order valence-corrected chi connectivity index (χ3v) is 0.648.